The molecule has 1 aromatic heterocycles. The number of anilines is 1. The van der Waals surface area contributed by atoms with Crippen molar-refractivity contribution in [3.63, 3.8) is 0 Å². The van der Waals surface area contributed by atoms with Crippen LogP contribution in [0.2, 0.25) is 5.02 Å². The first-order chi connectivity index (χ1) is 17.4. The van der Waals surface area contributed by atoms with E-state index in [4.69, 9.17) is 21.4 Å². The van der Waals surface area contributed by atoms with E-state index >= 15 is 0 Å². The molecule has 0 atom stereocenters. The van der Waals surface area contributed by atoms with Gasteiger partial charge in [0.25, 0.3) is 0 Å². The predicted octanol–water partition coefficient (Wildman–Crippen LogP) is 5.59. The van der Waals surface area contributed by atoms with E-state index in [0.717, 1.165) is 22.1 Å². The summed E-state index contributed by atoms with van der Waals surface area (Å²) in [4.78, 5) is 23.7. The third-order valence-corrected chi connectivity index (χ3v) is 6.73. The lowest BCUT2D eigenvalue weighted by Gasteiger charge is -2.12. The maximum Gasteiger partial charge on any atom is 0.335 e. The summed E-state index contributed by atoms with van der Waals surface area (Å²) >= 11 is 7.29. The lowest BCUT2D eigenvalue weighted by Crippen LogP contribution is -2.15. The number of benzene rings is 3. The Bertz CT molecular complexity index is 1450. The third-order valence-electron chi connectivity index (χ3n) is 5.43. The second-order valence-corrected chi connectivity index (χ2v) is 9.18. The molecule has 0 spiro atoms. The first-order valence-corrected chi connectivity index (χ1v) is 12.3. The highest BCUT2D eigenvalue weighted by Crippen LogP contribution is 2.28. The van der Waals surface area contributed by atoms with Crippen LogP contribution in [0.3, 0.4) is 0 Å². The topological polar surface area (TPSA) is 106 Å². The maximum absolute atomic E-state index is 12.5. The number of carbonyl (C=O) groups excluding carboxylic acids is 1. The number of nitrogens with zero attached hydrogens (tertiary/aromatic N) is 3. The Kier molecular flexibility index (Phi) is 7.92. The van der Waals surface area contributed by atoms with Gasteiger partial charge in [-0.05, 0) is 47.5 Å². The highest BCUT2D eigenvalue weighted by atomic mass is 35.5. The number of aryl methyl sites for hydroxylation is 1. The Balaban J connectivity index is 1.43. The summed E-state index contributed by atoms with van der Waals surface area (Å²) in [6.07, 6.45) is 1.72. The molecule has 0 fully saturated rings. The SMILES string of the molecule is C=CCn1c(COc2ccc3ccccc3c2C)nnc1SCC(=O)Nc1cc(C(=O)O)ccc1Cl. The van der Waals surface area contributed by atoms with Crippen molar-refractivity contribution in [1.82, 2.24) is 14.8 Å². The summed E-state index contributed by atoms with van der Waals surface area (Å²) < 4.78 is 7.90. The number of ether oxygens (including phenoxy) is 1. The van der Waals surface area contributed by atoms with Crippen LogP contribution in [0.1, 0.15) is 21.7 Å². The Hall–Kier alpha value is -3.82. The summed E-state index contributed by atoms with van der Waals surface area (Å²) in [5.74, 6) is -0.0866. The molecule has 0 aliphatic rings. The highest BCUT2D eigenvalue weighted by molar-refractivity contribution is 7.99. The van der Waals surface area contributed by atoms with Crippen molar-refractivity contribution < 1.29 is 19.4 Å². The van der Waals surface area contributed by atoms with Gasteiger partial charge in [0.15, 0.2) is 11.0 Å². The first kappa shape index (κ1) is 25.3. The molecule has 4 rings (SSSR count). The number of halogens is 1. The standard InChI is InChI=1S/C26H23ClN4O4S/c1-3-12-31-23(14-35-22-11-9-17-6-4-5-7-19(17)16(22)2)29-30-26(31)36-15-24(32)28-21-13-18(25(33)34)8-10-20(21)27/h3-11,13H,1,12,14-15H2,2H3,(H,28,32)(H,33,34). The molecular weight excluding hydrogens is 500 g/mol. The van der Waals surface area contributed by atoms with Crippen molar-refractivity contribution >= 4 is 51.7 Å². The van der Waals surface area contributed by atoms with Gasteiger partial charge in [-0.1, -0.05) is 59.8 Å². The molecule has 1 heterocycles. The van der Waals surface area contributed by atoms with Crippen LogP contribution >= 0.6 is 23.4 Å². The number of fused-ring (bicyclic) bond motifs is 1. The molecule has 10 heteroatoms. The predicted molar refractivity (Wildman–Crippen MR) is 141 cm³/mol. The summed E-state index contributed by atoms with van der Waals surface area (Å²) in [6.45, 7) is 6.46. The summed E-state index contributed by atoms with van der Waals surface area (Å²) in [6, 6.07) is 16.2. The average molecular weight is 523 g/mol. The van der Waals surface area contributed by atoms with Gasteiger partial charge in [0.1, 0.15) is 12.4 Å². The lowest BCUT2D eigenvalue weighted by atomic mass is 10.0. The summed E-state index contributed by atoms with van der Waals surface area (Å²) in [5, 5.41) is 23.3. The summed E-state index contributed by atoms with van der Waals surface area (Å²) in [5.41, 5.74) is 1.30. The molecular formula is C26H23ClN4O4S. The van der Waals surface area contributed by atoms with Gasteiger partial charge >= 0.3 is 5.97 Å². The van der Waals surface area contributed by atoms with Crippen LogP contribution in [-0.4, -0.2) is 37.5 Å². The number of allylic oxidation sites excluding steroid dienone is 1. The van der Waals surface area contributed by atoms with E-state index in [1.54, 1.807) is 6.08 Å². The zero-order valence-corrected chi connectivity index (χ0v) is 21.0. The van der Waals surface area contributed by atoms with E-state index in [1.165, 1.54) is 30.0 Å². The molecule has 0 saturated heterocycles. The summed E-state index contributed by atoms with van der Waals surface area (Å²) in [7, 11) is 0. The molecule has 0 unspecified atom stereocenters. The molecule has 8 nitrogen and oxygen atoms in total. The number of carbonyl (C=O) groups is 2. The fourth-order valence-corrected chi connectivity index (χ4v) is 4.55. The number of aromatic carboxylic acids is 1. The molecule has 0 aliphatic carbocycles. The Morgan fingerprint density at radius 1 is 1.19 bits per heavy atom. The molecule has 0 radical (unpaired) electrons. The zero-order valence-electron chi connectivity index (χ0n) is 19.4. The fourth-order valence-electron chi connectivity index (χ4n) is 3.62. The minimum absolute atomic E-state index is 0.0214. The van der Waals surface area contributed by atoms with Crippen LogP contribution in [0.15, 0.2) is 72.4 Å². The highest BCUT2D eigenvalue weighted by Gasteiger charge is 2.16. The molecule has 1 amide bonds. The Morgan fingerprint density at radius 3 is 2.78 bits per heavy atom. The van der Waals surface area contributed by atoms with Crippen molar-refractivity contribution in [2.75, 3.05) is 11.1 Å². The molecule has 184 valence electrons. The first-order valence-electron chi connectivity index (χ1n) is 11.0. The molecule has 0 bridgehead atoms. The van der Waals surface area contributed by atoms with Gasteiger partial charge in [-0.2, -0.15) is 0 Å². The number of hydrogen-bond acceptors (Lipinski definition) is 6. The Labute approximate surface area is 216 Å². The van der Waals surface area contributed by atoms with Crippen LogP contribution in [0.25, 0.3) is 10.8 Å². The number of hydrogen-bond donors (Lipinski definition) is 2. The Morgan fingerprint density at radius 2 is 2.00 bits per heavy atom. The number of thioether (sulfide) groups is 1. The van der Waals surface area contributed by atoms with Gasteiger partial charge in [-0.25, -0.2) is 4.79 Å². The second-order valence-electron chi connectivity index (χ2n) is 7.83. The monoisotopic (exact) mass is 522 g/mol. The van der Waals surface area contributed by atoms with E-state index < -0.39 is 5.97 Å². The number of nitrogens with one attached hydrogen (secondary N) is 1. The third kappa shape index (κ3) is 5.69. The number of aromatic nitrogens is 3. The van der Waals surface area contributed by atoms with Gasteiger partial charge < -0.3 is 15.2 Å². The van der Waals surface area contributed by atoms with Gasteiger partial charge in [-0.15, -0.1) is 16.8 Å². The minimum Gasteiger partial charge on any atom is -0.485 e. The van der Waals surface area contributed by atoms with Crippen LogP contribution in [0.4, 0.5) is 5.69 Å². The normalized spacial score (nSPS) is 10.8. The molecule has 0 aliphatic heterocycles. The zero-order chi connectivity index (χ0) is 25.7. The number of rotatable bonds is 10. The average Bonchev–Trinajstić information content (AvgIpc) is 3.25. The smallest absolute Gasteiger partial charge is 0.335 e. The largest absolute Gasteiger partial charge is 0.485 e. The van der Waals surface area contributed by atoms with E-state index in [9.17, 15) is 9.59 Å². The molecule has 36 heavy (non-hydrogen) atoms. The van der Waals surface area contributed by atoms with Crippen molar-refractivity contribution in [3.05, 3.63) is 89.2 Å². The van der Waals surface area contributed by atoms with Crippen LogP contribution in [-0.2, 0) is 17.9 Å². The van der Waals surface area contributed by atoms with Gasteiger partial charge in [0.05, 0.1) is 22.0 Å². The van der Waals surface area contributed by atoms with E-state index in [1.807, 2.05) is 35.8 Å². The van der Waals surface area contributed by atoms with Gasteiger partial charge in [-0.3, -0.25) is 9.36 Å². The van der Waals surface area contributed by atoms with Crippen molar-refractivity contribution in [2.24, 2.45) is 0 Å². The van der Waals surface area contributed by atoms with E-state index in [2.05, 4.69) is 34.2 Å². The van der Waals surface area contributed by atoms with Crippen LogP contribution < -0.4 is 10.1 Å². The van der Waals surface area contributed by atoms with Crippen LogP contribution in [0.5, 0.6) is 5.75 Å². The number of carboxylic acid groups (broad SMARTS) is 1. The number of amides is 1. The molecule has 0 saturated carbocycles. The maximum atomic E-state index is 12.5. The van der Waals surface area contributed by atoms with Crippen molar-refractivity contribution in [2.45, 2.75) is 25.2 Å². The lowest BCUT2D eigenvalue weighted by molar-refractivity contribution is -0.113. The molecule has 3 aromatic carbocycles. The quantitative estimate of drug-likeness (QED) is 0.206. The minimum atomic E-state index is -1.11. The van der Waals surface area contributed by atoms with E-state index in [-0.39, 0.29) is 34.5 Å². The van der Waals surface area contributed by atoms with Gasteiger partial charge in [0, 0.05) is 6.54 Å². The van der Waals surface area contributed by atoms with Crippen LogP contribution in [0, 0.1) is 6.92 Å². The number of carboxylic acids is 1. The van der Waals surface area contributed by atoms with Crippen molar-refractivity contribution in [3.8, 4) is 5.75 Å². The molecule has 2 N–H and O–H groups in total. The van der Waals surface area contributed by atoms with Crippen molar-refractivity contribution in [1.29, 1.82) is 0 Å². The second kappa shape index (κ2) is 11.3. The fraction of sp³-hybridized carbons (Fsp3) is 0.154. The molecule has 4 aromatic rings. The van der Waals surface area contributed by atoms with E-state index in [0.29, 0.717) is 17.5 Å². The van der Waals surface area contributed by atoms with Gasteiger partial charge in [0.2, 0.25) is 5.91 Å².